The van der Waals surface area contributed by atoms with Crippen LogP contribution in [0.2, 0.25) is 0 Å². The Bertz CT molecular complexity index is 448. The van der Waals surface area contributed by atoms with E-state index in [1.807, 2.05) is 26.0 Å². The molecule has 0 unspecified atom stereocenters. The van der Waals surface area contributed by atoms with E-state index in [0.717, 1.165) is 27.2 Å². The largest absolute Gasteiger partial charge is 0.354 e. The highest BCUT2D eigenvalue weighted by Gasteiger charge is 2.11. The molecule has 72 valence electrons. The van der Waals surface area contributed by atoms with Gasteiger partial charge in [-0.3, -0.25) is 4.98 Å². The fourth-order valence-corrected chi connectivity index (χ4v) is 1.40. The number of nitrogens with zero attached hydrogens (tertiary/aromatic N) is 2. The van der Waals surface area contributed by atoms with Crippen molar-refractivity contribution < 1.29 is 4.52 Å². The number of pyridine rings is 1. The monoisotopic (exact) mass is 252 g/mol. The van der Waals surface area contributed by atoms with E-state index in [4.69, 9.17) is 4.52 Å². The first-order valence-electron chi connectivity index (χ1n) is 4.23. The topological polar surface area (TPSA) is 38.9 Å². The van der Waals surface area contributed by atoms with E-state index in [1.165, 1.54) is 0 Å². The summed E-state index contributed by atoms with van der Waals surface area (Å²) >= 11 is 3.33. The van der Waals surface area contributed by atoms with Gasteiger partial charge in [0.1, 0.15) is 5.69 Å². The quantitative estimate of drug-likeness (QED) is 0.783. The van der Waals surface area contributed by atoms with Crippen LogP contribution in [-0.4, -0.2) is 10.1 Å². The second-order valence-electron chi connectivity index (χ2n) is 3.08. The van der Waals surface area contributed by atoms with E-state index in [1.54, 1.807) is 6.20 Å². The van der Waals surface area contributed by atoms with Gasteiger partial charge in [0.25, 0.3) is 0 Å². The maximum Gasteiger partial charge on any atom is 0.188 e. The summed E-state index contributed by atoms with van der Waals surface area (Å²) in [5.74, 6) is 0.745. The number of rotatable bonds is 1. The summed E-state index contributed by atoms with van der Waals surface area (Å²) in [5, 5.41) is 3.89. The molecule has 2 aromatic heterocycles. The number of aromatic nitrogens is 2. The van der Waals surface area contributed by atoms with E-state index in [9.17, 15) is 0 Å². The van der Waals surface area contributed by atoms with Crippen LogP contribution in [0.5, 0.6) is 0 Å². The number of hydrogen-bond donors (Lipinski definition) is 0. The highest BCUT2D eigenvalue weighted by Crippen LogP contribution is 2.24. The van der Waals surface area contributed by atoms with Crippen molar-refractivity contribution in [2.75, 3.05) is 0 Å². The second-order valence-corrected chi connectivity index (χ2v) is 4.00. The van der Waals surface area contributed by atoms with Crippen molar-refractivity contribution >= 4 is 15.9 Å². The average Bonchev–Trinajstić information content (AvgIpc) is 2.50. The molecule has 0 bridgehead atoms. The third-order valence-electron chi connectivity index (χ3n) is 2.12. The van der Waals surface area contributed by atoms with Crippen LogP contribution in [0.15, 0.2) is 27.3 Å². The lowest BCUT2D eigenvalue weighted by Crippen LogP contribution is -1.83. The zero-order chi connectivity index (χ0) is 10.1. The maximum absolute atomic E-state index is 5.19. The van der Waals surface area contributed by atoms with Crippen LogP contribution < -0.4 is 0 Å². The minimum Gasteiger partial charge on any atom is -0.354 e. The number of aryl methyl sites for hydroxylation is 1. The zero-order valence-corrected chi connectivity index (χ0v) is 9.50. The normalized spacial score (nSPS) is 10.5. The van der Waals surface area contributed by atoms with E-state index < -0.39 is 0 Å². The Hall–Kier alpha value is -1.16. The Morgan fingerprint density at radius 1 is 1.29 bits per heavy atom. The summed E-state index contributed by atoms with van der Waals surface area (Å²) in [6.07, 6.45) is 1.74. The average molecular weight is 253 g/mol. The molecule has 0 aromatic carbocycles. The molecule has 0 amide bonds. The highest BCUT2D eigenvalue weighted by molar-refractivity contribution is 9.10. The molecule has 0 atom stereocenters. The third kappa shape index (κ3) is 1.57. The van der Waals surface area contributed by atoms with Gasteiger partial charge in [-0.2, -0.15) is 0 Å². The number of halogens is 1. The molecule has 0 saturated carbocycles. The molecule has 2 aromatic rings. The molecule has 0 fully saturated rings. The fourth-order valence-electron chi connectivity index (χ4n) is 1.16. The molecule has 0 N–H and O–H groups in total. The molecule has 0 spiro atoms. The molecule has 2 heterocycles. The molecule has 0 aliphatic carbocycles. The first kappa shape index (κ1) is 9.40. The van der Waals surface area contributed by atoms with Gasteiger partial charge in [0.15, 0.2) is 5.76 Å². The molecule has 3 nitrogen and oxygen atoms in total. The van der Waals surface area contributed by atoms with Gasteiger partial charge in [-0.25, -0.2) is 0 Å². The van der Waals surface area contributed by atoms with E-state index >= 15 is 0 Å². The lowest BCUT2D eigenvalue weighted by atomic mass is 10.2. The Kier molecular flexibility index (Phi) is 2.37. The smallest absolute Gasteiger partial charge is 0.188 e. The van der Waals surface area contributed by atoms with Crippen molar-refractivity contribution in [3.8, 4) is 11.5 Å². The molecule has 0 saturated heterocycles. The van der Waals surface area contributed by atoms with E-state index in [-0.39, 0.29) is 0 Å². The van der Waals surface area contributed by atoms with Gasteiger partial charge in [0.05, 0.1) is 5.69 Å². The van der Waals surface area contributed by atoms with Crippen molar-refractivity contribution in [3.63, 3.8) is 0 Å². The maximum atomic E-state index is 5.19. The summed E-state index contributed by atoms with van der Waals surface area (Å²) in [5.41, 5.74) is 2.76. The van der Waals surface area contributed by atoms with Crippen molar-refractivity contribution in [2.45, 2.75) is 13.8 Å². The Morgan fingerprint density at radius 2 is 2.07 bits per heavy atom. The first-order valence-corrected chi connectivity index (χ1v) is 5.02. The van der Waals surface area contributed by atoms with E-state index in [2.05, 4.69) is 26.1 Å². The van der Waals surface area contributed by atoms with Crippen LogP contribution in [-0.2, 0) is 0 Å². The van der Waals surface area contributed by atoms with Gasteiger partial charge >= 0.3 is 0 Å². The predicted octanol–water partition coefficient (Wildman–Crippen LogP) is 3.12. The molecule has 2 rings (SSSR count). The van der Waals surface area contributed by atoms with Crippen LogP contribution in [0.1, 0.15) is 11.3 Å². The Labute approximate surface area is 90.3 Å². The van der Waals surface area contributed by atoms with Gasteiger partial charge in [-0.15, -0.1) is 0 Å². The van der Waals surface area contributed by atoms with Crippen LogP contribution in [0, 0.1) is 13.8 Å². The summed E-state index contributed by atoms with van der Waals surface area (Å²) in [6.45, 7) is 3.89. The second kappa shape index (κ2) is 3.53. The lowest BCUT2D eigenvalue weighted by Gasteiger charge is -1.96. The molecule has 4 heteroatoms. The van der Waals surface area contributed by atoms with Gasteiger partial charge < -0.3 is 4.52 Å². The summed E-state index contributed by atoms with van der Waals surface area (Å²) in [6, 6.07) is 3.83. The molecular formula is C10H9BrN2O. The molecule has 0 aliphatic heterocycles. The van der Waals surface area contributed by atoms with Crippen LogP contribution in [0.25, 0.3) is 11.5 Å². The zero-order valence-electron chi connectivity index (χ0n) is 7.91. The van der Waals surface area contributed by atoms with Crippen molar-refractivity contribution in [3.05, 3.63) is 34.1 Å². The van der Waals surface area contributed by atoms with Crippen LogP contribution in [0.3, 0.4) is 0 Å². The van der Waals surface area contributed by atoms with Crippen LogP contribution >= 0.6 is 15.9 Å². The SMILES string of the molecule is Cc1noc(-c2ccc(Br)cn2)c1C. The highest BCUT2D eigenvalue weighted by atomic mass is 79.9. The minimum atomic E-state index is 0.745. The first-order chi connectivity index (χ1) is 6.68. The molecule has 14 heavy (non-hydrogen) atoms. The Morgan fingerprint density at radius 3 is 2.57 bits per heavy atom. The summed E-state index contributed by atoms with van der Waals surface area (Å²) < 4.78 is 6.15. The number of hydrogen-bond acceptors (Lipinski definition) is 3. The molecule has 0 aliphatic rings. The van der Waals surface area contributed by atoms with Gasteiger partial charge in [0, 0.05) is 16.2 Å². The standard InChI is InChI=1S/C10H9BrN2O/c1-6-7(2)13-14-10(6)9-4-3-8(11)5-12-9/h3-5H,1-2H3. The minimum absolute atomic E-state index is 0.745. The van der Waals surface area contributed by atoms with Gasteiger partial charge in [-0.1, -0.05) is 5.16 Å². The van der Waals surface area contributed by atoms with Crippen molar-refractivity contribution in [2.24, 2.45) is 0 Å². The van der Waals surface area contributed by atoms with Crippen LogP contribution in [0.4, 0.5) is 0 Å². The van der Waals surface area contributed by atoms with Gasteiger partial charge in [-0.05, 0) is 41.9 Å². The van der Waals surface area contributed by atoms with E-state index in [0.29, 0.717) is 0 Å². The lowest BCUT2D eigenvalue weighted by molar-refractivity contribution is 0.425. The third-order valence-corrected chi connectivity index (χ3v) is 2.59. The van der Waals surface area contributed by atoms with Crippen molar-refractivity contribution in [1.29, 1.82) is 0 Å². The summed E-state index contributed by atoms with van der Waals surface area (Å²) in [7, 11) is 0. The van der Waals surface area contributed by atoms with Crippen molar-refractivity contribution in [1.82, 2.24) is 10.1 Å². The molecule has 0 radical (unpaired) electrons. The fraction of sp³-hybridized carbons (Fsp3) is 0.200. The molecular weight excluding hydrogens is 244 g/mol. The van der Waals surface area contributed by atoms with Gasteiger partial charge in [0.2, 0.25) is 0 Å². The predicted molar refractivity (Wildman–Crippen MR) is 56.9 cm³/mol. The Balaban J connectivity index is 2.49. The summed E-state index contributed by atoms with van der Waals surface area (Å²) in [4.78, 5) is 4.24.